The van der Waals surface area contributed by atoms with Crippen LogP contribution in [0.15, 0.2) is 60.7 Å². The molecule has 0 aliphatic heterocycles. The molecule has 2 aromatic rings. The second-order valence-corrected chi connectivity index (χ2v) is 6.45. The van der Waals surface area contributed by atoms with Crippen LogP contribution in [0.5, 0.6) is 0 Å². The summed E-state index contributed by atoms with van der Waals surface area (Å²) in [4.78, 5) is 24.0. The van der Waals surface area contributed by atoms with Crippen LogP contribution in [0.25, 0.3) is 0 Å². The van der Waals surface area contributed by atoms with Gasteiger partial charge in [-0.3, -0.25) is 9.59 Å². The highest BCUT2D eigenvalue weighted by Crippen LogP contribution is 2.26. The molecule has 0 unspecified atom stereocenters. The van der Waals surface area contributed by atoms with E-state index in [4.69, 9.17) is 9.47 Å². The number of ether oxygens (including phenoxy) is 2. The van der Waals surface area contributed by atoms with Crippen LogP contribution in [0.3, 0.4) is 0 Å². The van der Waals surface area contributed by atoms with Crippen molar-refractivity contribution in [3.05, 3.63) is 71.8 Å². The van der Waals surface area contributed by atoms with E-state index in [9.17, 15) is 9.59 Å². The molecule has 0 radical (unpaired) electrons. The lowest BCUT2D eigenvalue weighted by Crippen LogP contribution is -2.26. The zero-order chi connectivity index (χ0) is 17.6. The number of esters is 2. The fraction of sp³-hybridized carbons (Fsp3) is 0.300. The minimum atomic E-state index is -0.629. The quantitative estimate of drug-likeness (QED) is 0.614. The van der Waals surface area contributed by atoms with Gasteiger partial charge in [0.05, 0.1) is 0 Å². The highest BCUT2D eigenvalue weighted by molar-refractivity contribution is 5.91. The lowest BCUT2D eigenvalue weighted by atomic mass is 10.0. The van der Waals surface area contributed by atoms with Gasteiger partial charge in [0.15, 0.2) is 6.10 Å². The Labute approximate surface area is 142 Å². The summed E-state index contributed by atoms with van der Waals surface area (Å²) in [7, 11) is 0. The third-order valence-corrected chi connectivity index (χ3v) is 3.16. The Hall–Kier alpha value is -2.62. The second kappa shape index (κ2) is 7.77. The van der Waals surface area contributed by atoms with Crippen molar-refractivity contribution in [3.63, 3.8) is 0 Å². The van der Waals surface area contributed by atoms with Gasteiger partial charge in [-0.1, -0.05) is 60.7 Å². The van der Waals surface area contributed by atoms with Gasteiger partial charge in [0.25, 0.3) is 0 Å². The van der Waals surface area contributed by atoms with Crippen molar-refractivity contribution < 1.29 is 19.1 Å². The minimum absolute atomic E-state index is 0.409. The van der Waals surface area contributed by atoms with Gasteiger partial charge in [-0.15, -0.1) is 0 Å². The van der Waals surface area contributed by atoms with Crippen LogP contribution in [-0.2, 0) is 19.1 Å². The van der Waals surface area contributed by atoms with E-state index in [0.29, 0.717) is 0 Å². The van der Waals surface area contributed by atoms with E-state index in [1.54, 1.807) is 20.8 Å². The molecule has 0 saturated carbocycles. The van der Waals surface area contributed by atoms with E-state index in [1.807, 2.05) is 60.7 Å². The third kappa shape index (κ3) is 5.54. The molecular weight excluding hydrogens is 304 g/mol. The van der Waals surface area contributed by atoms with Crippen LogP contribution in [0.4, 0.5) is 0 Å². The first-order valence-corrected chi connectivity index (χ1v) is 7.86. The van der Waals surface area contributed by atoms with Gasteiger partial charge in [0, 0.05) is 0 Å². The van der Waals surface area contributed by atoms with Gasteiger partial charge in [-0.05, 0) is 31.9 Å². The number of rotatable bonds is 5. The molecule has 2 rings (SSSR count). The van der Waals surface area contributed by atoms with E-state index in [-0.39, 0.29) is 0 Å². The second-order valence-electron chi connectivity index (χ2n) is 6.45. The van der Waals surface area contributed by atoms with E-state index in [0.717, 1.165) is 11.1 Å². The average molecular weight is 326 g/mol. The van der Waals surface area contributed by atoms with Crippen molar-refractivity contribution in [1.29, 1.82) is 0 Å². The van der Waals surface area contributed by atoms with E-state index < -0.39 is 30.1 Å². The lowest BCUT2D eigenvalue weighted by molar-refractivity contribution is -0.163. The standard InChI is InChI=1S/C20H22O4/c1-20(2,3)24-18(22)14-17(21)23-19(15-10-6-4-7-11-15)16-12-8-5-9-13-16/h4-13,19H,14H2,1-3H3. The molecule has 0 aliphatic rings. The summed E-state index contributed by atoms with van der Waals surface area (Å²) in [6.45, 7) is 5.27. The van der Waals surface area contributed by atoms with Gasteiger partial charge in [0.2, 0.25) is 0 Å². The van der Waals surface area contributed by atoms with Crippen LogP contribution in [-0.4, -0.2) is 17.5 Å². The van der Waals surface area contributed by atoms with Crippen LogP contribution < -0.4 is 0 Å². The number of carbonyl (C=O) groups is 2. The maximum absolute atomic E-state index is 12.2. The molecule has 0 amide bonds. The molecule has 4 heteroatoms. The highest BCUT2D eigenvalue weighted by Gasteiger charge is 2.23. The molecule has 0 aliphatic carbocycles. The fourth-order valence-electron chi connectivity index (χ4n) is 2.25. The highest BCUT2D eigenvalue weighted by atomic mass is 16.6. The van der Waals surface area contributed by atoms with Crippen molar-refractivity contribution in [2.75, 3.05) is 0 Å². The zero-order valence-electron chi connectivity index (χ0n) is 14.2. The molecule has 0 atom stereocenters. The summed E-state index contributed by atoms with van der Waals surface area (Å²) in [6, 6.07) is 18.9. The third-order valence-electron chi connectivity index (χ3n) is 3.16. The van der Waals surface area contributed by atoms with Crippen molar-refractivity contribution in [2.24, 2.45) is 0 Å². The molecule has 0 aromatic heterocycles. The Morgan fingerprint density at radius 2 is 1.29 bits per heavy atom. The normalized spacial score (nSPS) is 11.2. The summed E-state index contributed by atoms with van der Waals surface area (Å²) >= 11 is 0. The Morgan fingerprint density at radius 1 is 0.833 bits per heavy atom. The molecule has 0 heterocycles. The van der Waals surface area contributed by atoms with Gasteiger partial charge >= 0.3 is 11.9 Å². The predicted octanol–water partition coefficient (Wildman–Crippen LogP) is 4.05. The van der Waals surface area contributed by atoms with Crippen molar-refractivity contribution >= 4 is 11.9 Å². The number of benzene rings is 2. The van der Waals surface area contributed by atoms with Crippen molar-refractivity contribution in [3.8, 4) is 0 Å². The van der Waals surface area contributed by atoms with Crippen LogP contribution >= 0.6 is 0 Å². The molecule has 126 valence electrons. The van der Waals surface area contributed by atoms with Crippen LogP contribution in [0.2, 0.25) is 0 Å². The lowest BCUT2D eigenvalue weighted by Gasteiger charge is -2.21. The largest absolute Gasteiger partial charge is 0.460 e. The molecule has 0 saturated heterocycles. The van der Waals surface area contributed by atoms with Crippen LogP contribution in [0, 0.1) is 0 Å². The Kier molecular flexibility index (Phi) is 5.74. The molecular formula is C20H22O4. The van der Waals surface area contributed by atoms with E-state index in [2.05, 4.69) is 0 Å². The van der Waals surface area contributed by atoms with Gasteiger partial charge < -0.3 is 9.47 Å². The van der Waals surface area contributed by atoms with Gasteiger partial charge in [-0.25, -0.2) is 0 Å². The first-order valence-electron chi connectivity index (χ1n) is 7.86. The summed E-state index contributed by atoms with van der Waals surface area (Å²) in [5, 5.41) is 0. The van der Waals surface area contributed by atoms with Gasteiger partial charge in [0.1, 0.15) is 12.0 Å². The molecule has 24 heavy (non-hydrogen) atoms. The average Bonchev–Trinajstić information content (AvgIpc) is 2.52. The number of hydrogen-bond donors (Lipinski definition) is 0. The SMILES string of the molecule is CC(C)(C)OC(=O)CC(=O)OC(c1ccccc1)c1ccccc1. The first kappa shape index (κ1) is 17.7. The molecule has 0 fully saturated rings. The molecule has 0 N–H and O–H groups in total. The monoisotopic (exact) mass is 326 g/mol. The summed E-state index contributed by atoms with van der Waals surface area (Å²) in [5.41, 5.74) is 1.07. The van der Waals surface area contributed by atoms with Crippen molar-refractivity contribution in [2.45, 2.75) is 38.9 Å². The number of carbonyl (C=O) groups excluding carboxylic acids is 2. The maximum atomic E-state index is 12.2. The summed E-state index contributed by atoms with van der Waals surface area (Å²) in [5.74, 6) is -1.20. The molecule has 2 aromatic carbocycles. The van der Waals surface area contributed by atoms with Crippen molar-refractivity contribution in [1.82, 2.24) is 0 Å². The summed E-state index contributed by atoms with van der Waals surface area (Å²) < 4.78 is 10.7. The Morgan fingerprint density at radius 3 is 1.71 bits per heavy atom. The summed E-state index contributed by atoms with van der Waals surface area (Å²) in [6.07, 6.45) is -0.963. The molecule has 4 nitrogen and oxygen atoms in total. The zero-order valence-corrected chi connectivity index (χ0v) is 14.2. The first-order chi connectivity index (χ1) is 11.3. The minimum Gasteiger partial charge on any atom is -0.460 e. The maximum Gasteiger partial charge on any atom is 0.318 e. The van der Waals surface area contributed by atoms with E-state index >= 15 is 0 Å². The Bertz CT molecular complexity index is 632. The molecule has 0 bridgehead atoms. The topological polar surface area (TPSA) is 52.6 Å². The molecule has 0 spiro atoms. The smallest absolute Gasteiger partial charge is 0.318 e. The fourth-order valence-corrected chi connectivity index (χ4v) is 2.25. The van der Waals surface area contributed by atoms with Gasteiger partial charge in [-0.2, -0.15) is 0 Å². The predicted molar refractivity (Wildman–Crippen MR) is 91.3 cm³/mol. The number of hydrogen-bond acceptors (Lipinski definition) is 4. The van der Waals surface area contributed by atoms with E-state index in [1.165, 1.54) is 0 Å². The Balaban J connectivity index is 2.12. The van der Waals surface area contributed by atoms with Crippen LogP contribution in [0.1, 0.15) is 44.4 Å².